The van der Waals surface area contributed by atoms with Gasteiger partial charge in [-0.05, 0) is 54.7 Å². The fourth-order valence-electron chi connectivity index (χ4n) is 4.05. The second-order valence-corrected chi connectivity index (χ2v) is 7.57. The van der Waals surface area contributed by atoms with Gasteiger partial charge in [0.1, 0.15) is 5.82 Å². The topological polar surface area (TPSA) is 73.7 Å². The summed E-state index contributed by atoms with van der Waals surface area (Å²) in [5.41, 5.74) is 2.87. The van der Waals surface area contributed by atoms with E-state index in [0.717, 1.165) is 36.5 Å². The first kappa shape index (κ1) is 18.5. The summed E-state index contributed by atoms with van der Waals surface area (Å²) < 4.78 is 0. The smallest absolute Gasteiger partial charge is 0.335 e. The Morgan fingerprint density at radius 3 is 2.32 bits per heavy atom. The molecule has 6 nitrogen and oxygen atoms in total. The number of aromatic nitrogens is 1. The maximum absolute atomic E-state index is 12.9. The minimum Gasteiger partial charge on any atom is -0.478 e. The molecule has 146 valence electrons. The number of carbonyl (C=O) groups excluding carboxylic acids is 1. The van der Waals surface area contributed by atoms with Crippen molar-refractivity contribution in [2.24, 2.45) is 0 Å². The molecule has 0 unspecified atom stereocenters. The van der Waals surface area contributed by atoms with E-state index in [9.17, 15) is 14.7 Å². The normalized spacial score (nSPS) is 17.0. The first-order valence-electron chi connectivity index (χ1n) is 9.97. The van der Waals surface area contributed by atoms with E-state index in [1.165, 1.54) is 25.7 Å². The van der Waals surface area contributed by atoms with Crippen molar-refractivity contribution in [1.82, 2.24) is 9.88 Å². The van der Waals surface area contributed by atoms with Crippen molar-refractivity contribution in [3.8, 4) is 0 Å². The largest absolute Gasteiger partial charge is 0.478 e. The lowest BCUT2D eigenvalue weighted by Crippen LogP contribution is -2.36. The zero-order valence-corrected chi connectivity index (χ0v) is 15.9. The van der Waals surface area contributed by atoms with Crippen LogP contribution < -0.4 is 4.90 Å². The van der Waals surface area contributed by atoms with Crippen LogP contribution in [-0.4, -0.2) is 46.5 Å². The van der Waals surface area contributed by atoms with E-state index < -0.39 is 5.97 Å². The molecule has 0 radical (unpaired) electrons. The first-order chi connectivity index (χ1) is 13.6. The van der Waals surface area contributed by atoms with Gasteiger partial charge in [0.25, 0.3) is 5.91 Å². The maximum Gasteiger partial charge on any atom is 0.335 e. The molecule has 1 N–H and O–H groups in total. The molecule has 0 spiro atoms. The van der Waals surface area contributed by atoms with Gasteiger partial charge in [-0.25, -0.2) is 9.78 Å². The Morgan fingerprint density at radius 2 is 1.64 bits per heavy atom. The summed E-state index contributed by atoms with van der Waals surface area (Å²) in [6.07, 6.45) is 7.33. The number of fused-ring (bicyclic) bond motifs is 1. The molecule has 1 aromatic heterocycles. The number of benzene rings is 1. The molecule has 1 fully saturated rings. The van der Waals surface area contributed by atoms with Gasteiger partial charge in [0.2, 0.25) is 0 Å². The molecule has 2 aliphatic heterocycles. The third-order valence-corrected chi connectivity index (χ3v) is 5.68. The van der Waals surface area contributed by atoms with E-state index in [0.29, 0.717) is 18.7 Å². The van der Waals surface area contributed by atoms with Gasteiger partial charge >= 0.3 is 5.97 Å². The Bertz CT molecular complexity index is 871. The summed E-state index contributed by atoms with van der Waals surface area (Å²) >= 11 is 0. The highest BCUT2D eigenvalue weighted by atomic mass is 16.4. The first-order valence-corrected chi connectivity index (χ1v) is 9.97. The van der Waals surface area contributed by atoms with E-state index in [-0.39, 0.29) is 11.5 Å². The van der Waals surface area contributed by atoms with Gasteiger partial charge in [0, 0.05) is 32.4 Å². The monoisotopic (exact) mass is 379 g/mol. The second kappa shape index (κ2) is 8.00. The lowest BCUT2D eigenvalue weighted by molar-refractivity contribution is 0.0696. The van der Waals surface area contributed by atoms with Crippen LogP contribution in [0.3, 0.4) is 0 Å². The van der Waals surface area contributed by atoms with Gasteiger partial charge in [-0.15, -0.1) is 0 Å². The van der Waals surface area contributed by atoms with Crippen molar-refractivity contribution in [3.63, 3.8) is 0 Å². The zero-order chi connectivity index (χ0) is 19.5. The zero-order valence-electron chi connectivity index (χ0n) is 15.9. The summed E-state index contributed by atoms with van der Waals surface area (Å²) in [5, 5.41) is 9.20. The number of nitrogens with zero attached hydrogens (tertiary/aromatic N) is 3. The molecular formula is C22H25N3O3. The van der Waals surface area contributed by atoms with Crippen molar-refractivity contribution < 1.29 is 14.7 Å². The average molecular weight is 379 g/mol. The van der Waals surface area contributed by atoms with Crippen LogP contribution in [0.4, 0.5) is 5.82 Å². The number of aromatic carboxylic acids is 1. The van der Waals surface area contributed by atoms with Crippen molar-refractivity contribution in [3.05, 3.63) is 58.8 Å². The summed E-state index contributed by atoms with van der Waals surface area (Å²) in [7, 11) is 0. The van der Waals surface area contributed by atoms with E-state index in [2.05, 4.69) is 9.88 Å². The van der Waals surface area contributed by atoms with Crippen LogP contribution in [0.5, 0.6) is 0 Å². The fourth-order valence-corrected chi connectivity index (χ4v) is 4.05. The van der Waals surface area contributed by atoms with Crippen molar-refractivity contribution >= 4 is 17.7 Å². The van der Waals surface area contributed by atoms with E-state index in [4.69, 9.17) is 0 Å². The fraction of sp³-hybridized carbons (Fsp3) is 0.409. The number of amides is 1. The van der Waals surface area contributed by atoms with Crippen molar-refractivity contribution in [2.45, 2.75) is 38.6 Å². The predicted octanol–water partition coefficient (Wildman–Crippen LogP) is 3.36. The summed E-state index contributed by atoms with van der Waals surface area (Å²) in [5.74, 6) is -0.0608. The summed E-state index contributed by atoms with van der Waals surface area (Å²) in [6, 6.07) is 8.97. The molecule has 3 heterocycles. The van der Waals surface area contributed by atoms with Crippen LogP contribution in [0.2, 0.25) is 0 Å². The highest BCUT2D eigenvalue weighted by Gasteiger charge is 2.23. The second-order valence-electron chi connectivity index (χ2n) is 7.57. The minimum atomic E-state index is -0.945. The molecule has 0 atom stereocenters. The molecule has 4 rings (SSSR count). The number of carboxylic acids is 1. The van der Waals surface area contributed by atoms with Crippen molar-refractivity contribution in [1.29, 1.82) is 0 Å². The van der Waals surface area contributed by atoms with Crippen LogP contribution in [-0.2, 0) is 13.0 Å². The molecule has 0 saturated carbocycles. The van der Waals surface area contributed by atoms with Gasteiger partial charge in [0.05, 0.1) is 11.1 Å². The Morgan fingerprint density at radius 1 is 0.893 bits per heavy atom. The third kappa shape index (κ3) is 3.86. The number of rotatable bonds is 3. The van der Waals surface area contributed by atoms with Crippen LogP contribution in [0.25, 0.3) is 0 Å². The number of hydrogen-bond acceptors (Lipinski definition) is 4. The van der Waals surface area contributed by atoms with E-state index >= 15 is 0 Å². The number of hydrogen-bond donors (Lipinski definition) is 1. The Hall–Kier alpha value is -2.89. The molecular weight excluding hydrogens is 354 g/mol. The predicted molar refractivity (Wildman–Crippen MR) is 107 cm³/mol. The average Bonchev–Trinajstić information content (AvgIpc) is 3.02. The standard InChI is InChI=1S/C22H25N3O3/c26-21(18-7-8-20(23-14-18)24-10-3-1-2-4-11-24)25-12-9-16-5-6-17(22(27)28)13-19(16)15-25/h5-8,13-14H,1-4,9-12,15H2,(H,27,28). The molecule has 6 heteroatoms. The number of pyridine rings is 1. The van der Waals surface area contributed by atoms with Gasteiger partial charge in [-0.3, -0.25) is 4.79 Å². The maximum atomic E-state index is 12.9. The van der Waals surface area contributed by atoms with Crippen LogP contribution in [0.15, 0.2) is 36.5 Å². The minimum absolute atomic E-state index is 0.0544. The van der Waals surface area contributed by atoms with Gasteiger partial charge in [-0.1, -0.05) is 18.9 Å². The summed E-state index contributed by atoms with van der Waals surface area (Å²) in [4.78, 5) is 32.8. The molecule has 2 aliphatic rings. The Labute approximate surface area is 164 Å². The molecule has 1 saturated heterocycles. The number of carbonyl (C=O) groups is 2. The Kier molecular flexibility index (Phi) is 5.28. The molecule has 0 aliphatic carbocycles. The van der Waals surface area contributed by atoms with Gasteiger partial charge < -0.3 is 14.9 Å². The van der Waals surface area contributed by atoms with Crippen LogP contribution in [0, 0.1) is 0 Å². The van der Waals surface area contributed by atoms with Gasteiger partial charge in [-0.2, -0.15) is 0 Å². The highest BCUT2D eigenvalue weighted by Crippen LogP contribution is 2.23. The quantitative estimate of drug-likeness (QED) is 0.885. The number of anilines is 1. The molecule has 2 aromatic rings. The molecule has 1 aromatic carbocycles. The SMILES string of the molecule is O=C(O)c1ccc2c(c1)CN(C(=O)c1ccc(N3CCCCCC3)nc1)CC2. The molecule has 28 heavy (non-hydrogen) atoms. The molecule has 0 bridgehead atoms. The summed E-state index contributed by atoms with van der Waals surface area (Å²) in [6.45, 7) is 3.11. The van der Waals surface area contributed by atoms with Crippen LogP contribution >= 0.6 is 0 Å². The van der Waals surface area contributed by atoms with E-state index in [1.54, 1.807) is 23.2 Å². The lowest BCUT2D eigenvalue weighted by Gasteiger charge is -2.29. The van der Waals surface area contributed by atoms with Crippen molar-refractivity contribution in [2.75, 3.05) is 24.5 Å². The van der Waals surface area contributed by atoms with Crippen LogP contribution in [0.1, 0.15) is 57.5 Å². The third-order valence-electron chi connectivity index (χ3n) is 5.68. The lowest BCUT2D eigenvalue weighted by atomic mass is 9.97. The molecule has 1 amide bonds. The number of carboxylic acid groups (broad SMARTS) is 1. The van der Waals surface area contributed by atoms with E-state index in [1.807, 2.05) is 18.2 Å². The Balaban J connectivity index is 1.47. The highest BCUT2D eigenvalue weighted by molar-refractivity contribution is 5.94. The van der Waals surface area contributed by atoms with Gasteiger partial charge in [0.15, 0.2) is 0 Å².